The van der Waals surface area contributed by atoms with Gasteiger partial charge in [0, 0.05) is 44.3 Å². The molecule has 3 heteroatoms. The molecule has 0 bridgehead atoms. The molecule has 0 amide bonds. The number of anilines is 2. The van der Waals surface area contributed by atoms with Gasteiger partial charge in [0.2, 0.25) is 0 Å². The summed E-state index contributed by atoms with van der Waals surface area (Å²) in [4.78, 5) is 0. The first-order valence-corrected chi connectivity index (χ1v) is 27.5. The summed E-state index contributed by atoms with van der Waals surface area (Å²) in [7, 11) is 0.874. The van der Waals surface area contributed by atoms with Gasteiger partial charge in [-0.15, -0.1) is 0 Å². The van der Waals surface area contributed by atoms with Gasteiger partial charge in [-0.25, -0.2) is 0 Å². The van der Waals surface area contributed by atoms with Crippen LogP contribution in [0, 0.1) is 0 Å². The molecule has 0 saturated carbocycles. The van der Waals surface area contributed by atoms with E-state index in [0.29, 0.717) is 0 Å². The molecular formula is C69H75BN2. The summed E-state index contributed by atoms with van der Waals surface area (Å²) < 4.78 is 2.72. The van der Waals surface area contributed by atoms with Crippen molar-refractivity contribution in [3.63, 3.8) is 0 Å². The Balaban J connectivity index is 1.16. The van der Waals surface area contributed by atoms with Gasteiger partial charge >= 0.3 is 0 Å². The quantitative estimate of drug-likeness (QED) is 0.174. The summed E-state index contributed by atoms with van der Waals surface area (Å²) in [5, 5.41) is 6.97. The Morgan fingerprint density at radius 2 is 0.944 bits per heavy atom. The molecule has 0 radical (unpaired) electrons. The first kappa shape index (κ1) is 46.0. The third kappa shape index (κ3) is 6.40. The maximum atomic E-state index is 4.26. The molecule has 8 aromatic rings. The third-order valence-electron chi connectivity index (χ3n) is 20.0. The molecule has 4 aliphatic carbocycles. The van der Waals surface area contributed by atoms with Crippen molar-refractivity contribution in [3.05, 3.63) is 160 Å². The van der Waals surface area contributed by atoms with Crippen LogP contribution < -0.4 is 16.2 Å². The van der Waals surface area contributed by atoms with Crippen molar-refractivity contribution in [2.24, 2.45) is 0 Å². The van der Waals surface area contributed by atoms with E-state index in [1.54, 1.807) is 0 Å². The monoisotopic (exact) mass is 943 g/mol. The van der Waals surface area contributed by atoms with Gasteiger partial charge in [0.1, 0.15) is 0 Å². The number of hydrogen-bond donors (Lipinski definition) is 1. The molecular weight excluding hydrogens is 868 g/mol. The van der Waals surface area contributed by atoms with E-state index in [0.717, 1.165) is 13.7 Å². The average molecular weight is 943 g/mol. The topological polar surface area (TPSA) is 17.0 Å². The summed E-state index contributed by atoms with van der Waals surface area (Å²) in [6.07, 6.45) is 7.12. The zero-order valence-corrected chi connectivity index (χ0v) is 45.9. The standard InChI is InChI=1S/C69H75BN2/c1-63(2)28-29-64(3,4)50-34-40(26-27-49(50)63)71-56-38-53-51(65(5,6)30-32-67(53,9)10)36-45(56)47-35-46(43-23-19-22-42-41-20-15-17-24-48(41)69(13,14)60(42)43)59-44-21-16-18-25-57(44)72-58-39-54-52(37-55(58)70-61(47)62(59)72)66(7,8)31-33-68(54,11)12/h15-27,34-39,70-71H,28-33H2,1-14H3. The number of nitrogens with one attached hydrogen (secondary N) is 1. The normalized spacial score (nSPS) is 20.4. The van der Waals surface area contributed by atoms with Gasteiger partial charge in [-0.3, -0.25) is 0 Å². The molecule has 72 heavy (non-hydrogen) atoms. The molecule has 2 heterocycles. The SMILES string of the molecule is CC1(C)CCC(C)(C)c2cc(Nc3cc4c(cc3-c3cc(-c5cccc6c5C(C)(C)c5ccccc5-6)c5c6ccccc6n6c5c3Bc3cc5c(cc3-6)C(C)(C)CCC5(C)C)C(C)(C)CCC4(C)C)ccc21. The van der Waals surface area contributed by atoms with E-state index in [-0.39, 0.29) is 37.9 Å². The minimum Gasteiger partial charge on any atom is -0.355 e. The maximum absolute atomic E-state index is 4.26. The van der Waals surface area contributed by atoms with Crippen LogP contribution in [0.4, 0.5) is 11.4 Å². The lowest BCUT2D eigenvalue weighted by Crippen LogP contribution is -2.41. The van der Waals surface area contributed by atoms with Crippen LogP contribution in [0.2, 0.25) is 0 Å². The molecule has 2 nitrogen and oxygen atoms in total. The van der Waals surface area contributed by atoms with Crippen molar-refractivity contribution < 1.29 is 0 Å². The van der Waals surface area contributed by atoms with E-state index in [2.05, 4.69) is 222 Å². The van der Waals surface area contributed by atoms with E-state index in [9.17, 15) is 0 Å². The Hall–Kier alpha value is -5.80. The van der Waals surface area contributed by atoms with Crippen molar-refractivity contribution in [3.8, 4) is 39.1 Å². The minimum absolute atomic E-state index is 0.0265. The number of rotatable bonds is 4. The molecule has 0 atom stereocenters. The fourth-order valence-corrected chi connectivity index (χ4v) is 15.1. The predicted molar refractivity (Wildman–Crippen MR) is 311 cm³/mol. The van der Waals surface area contributed by atoms with Gasteiger partial charge < -0.3 is 9.88 Å². The molecule has 364 valence electrons. The van der Waals surface area contributed by atoms with Crippen LogP contribution in [0.5, 0.6) is 0 Å². The second kappa shape index (κ2) is 14.7. The zero-order valence-electron chi connectivity index (χ0n) is 45.9. The number of fused-ring (bicyclic) bond motifs is 11. The summed E-state index contributed by atoms with van der Waals surface area (Å²) in [5.41, 5.74) is 29.5. The predicted octanol–water partition coefficient (Wildman–Crippen LogP) is 16.9. The average Bonchev–Trinajstić information content (AvgIpc) is 3.81. The van der Waals surface area contributed by atoms with E-state index >= 15 is 0 Å². The van der Waals surface area contributed by atoms with Crippen molar-refractivity contribution in [2.75, 3.05) is 5.32 Å². The van der Waals surface area contributed by atoms with Crippen molar-refractivity contribution in [1.82, 2.24) is 4.57 Å². The Labute approximate surface area is 431 Å². The highest BCUT2D eigenvalue weighted by atomic mass is 15.0. The summed E-state index contributed by atoms with van der Waals surface area (Å²) >= 11 is 0. The Morgan fingerprint density at radius 3 is 1.61 bits per heavy atom. The van der Waals surface area contributed by atoms with Crippen LogP contribution in [0.25, 0.3) is 60.9 Å². The zero-order chi connectivity index (χ0) is 50.4. The number of nitrogens with zero attached hydrogens (tertiary/aromatic N) is 1. The van der Waals surface area contributed by atoms with E-state index < -0.39 is 0 Å². The highest BCUT2D eigenvalue weighted by molar-refractivity contribution is 6.73. The van der Waals surface area contributed by atoms with Crippen LogP contribution in [0.3, 0.4) is 0 Å². The Kier molecular flexibility index (Phi) is 9.40. The van der Waals surface area contributed by atoms with Crippen LogP contribution >= 0.6 is 0 Å². The van der Waals surface area contributed by atoms with E-state index in [4.69, 9.17) is 0 Å². The number of benzene rings is 7. The minimum atomic E-state index is -0.184. The molecule has 7 aromatic carbocycles. The van der Waals surface area contributed by atoms with Crippen LogP contribution in [0.1, 0.15) is 180 Å². The van der Waals surface area contributed by atoms with Crippen LogP contribution in [-0.2, 0) is 37.9 Å². The summed E-state index contributed by atoms with van der Waals surface area (Å²) in [5.74, 6) is 0. The molecule has 5 aliphatic rings. The molecule has 0 saturated heterocycles. The van der Waals surface area contributed by atoms with Crippen molar-refractivity contribution in [2.45, 2.75) is 173 Å². The van der Waals surface area contributed by atoms with Gasteiger partial charge in [0.05, 0.1) is 5.52 Å². The largest absolute Gasteiger partial charge is 0.355 e. The third-order valence-corrected chi connectivity index (χ3v) is 20.0. The Morgan fingerprint density at radius 1 is 0.417 bits per heavy atom. The first-order chi connectivity index (χ1) is 33.9. The molecule has 1 aromatic heterocycles. The summed E-state index contributed by atoms with van der Waals surface area (Å²) in [6.45, 7) is 34.6. The lowest BCUT2D eigenvalue weighted by molar-refractivity contribution is 0.332. The fourth-order valence-electron chi connectivity index (χ4n) is 15.1. The molecule has 13 rings (SSSR count). The first-order valence-electron chi connectivity index (χ1n) is 27.5. The van der Waals surface area contributed by atoms with E-state index in [1.165, 1.54) is 160 Å². The Bertz CT molecular complexity index is 3670. The molecule has 0 unspecified atom stereocenters. The highest BCUT2D eigenvalue weighted by Crippen LogP contribution is 2.56. The number of aromatic nitrogens is 1. The van der Waals surface area contributed by atoms with Gasteiger partial charge in [0.25, 0.3) is 0 Å². The lowest BCUT2D eigenvalue weighted by Gasteiger charge is -2.43. The number of hydrogen-bond acceptors (Lipinski definition) is 1. The lowest BCUT2D eigenvalue weighted by atomic mass is 9.55. The van der Waals surface area contributed by atoms with Gasteiger partial charge in [0.15, 0.2) is 7.28 Å². The maximum Gasteiger partial charge on any atom is 0.198 e. The molecule has 1 N–H and O–H groups in total. The molecule has 1 aliphatic heterocycles. The molecule has 0 spiro atoms. The van der Waals surface area contributed by atoms with Crippen LogP contribution in [0.15, 0.2) is 115 Å². The van der Waals surface area contributed by atoms with Crippen molar-refractivity contribution in [1.29, 1.82) is 0 Å². The van der Waals surface area contributed by atoms with E-state index in [1.807, 2.05) is 0 Å². The van der Waals surface area contributed by atoms with Gasteiger partial charge in [-0.2, -0.15) is 0 Å². The number of para-hydroxylation sites is 1. The van der Waals surface area contributed by atoms with Crippen molar-refractivity contribution >= 4 is 51.4 Å². The summed E-state index contributed by atoms with van der Waals surface area (Å²) in [6, 6.07) is 46.3. The smallest absolute Gasteiger partial charge is 0.198 e. The van der Waals surface area contributed by atoms with Crippen LogP contribution in [-0.4, -0.2) is 11.8 Å². The van der Waals surface area contributed by atoms with Gasteiger partial charge in [-0.1, -0.05) is 175 Å². The van der Waals surface area contributed by atoms with Gasteiger partial charge in [-0.05, 0) is 191 Å². The second-order valence-corrected chi connectivity index (χ2v) is 27.8. The second-order valence-electron chi connectivity index (χ2n) is 27.8. The highest BCUT2D eigenvalue weighted by Gasteiger charge is 2.43. The molecule has 0 fully saturated rings. The fraction of sp³-hybridized carbons (Fsp3) is 0.391.